The lowest BCUT2D eigenvalue weighted by molar-refractivity contribution is 0.0426. The lowest BCUT2D eigenvalue weighted by atomic mass is 10.0. The number of fused-ring (bicyclic) bond motifs is 1. The van der Waals surface area contributed by atoms with Crippen molar-refractivity contribution in [1.29, 1.82) is 0 Å². The van der Waals surface area contributed by atoms with Crippen LogP contribution in [0.15, 0.2) is 77.9 Å². The summed E-state index contributed by atoms with van der Waals surface area (Å²) < 4.78 is 12.8. The molecule has 0 aliphatic rings. The molecule has 0 aliphatic carbocycles. The fraction of sp³-hybridized carbons (Fsp3) is 0.276. The van der Waals surface area contributed by atoms with Gasteiger partial charge in [0.1, 0.15) is 11.3 Å². The first-order valence-corrected chi connectivity index (χ1v) is 12.3. The van der Waals surface area contributed by atoms with Crippen LogP contribution in [-0.4, -0.2) is 46.9 Å². The SMILES string of the molecule is CCc1cccc2c1c(O)c(C(=O)N(CCOCCOCc1cccnc1)c1ccccc1)c(=O)n2C. The Morgan fingerprint density at radius 1 is 1.00 bits per heavy atom. The molecule has 1 N–H and O–H groups in total. The molecule has 2 heterocycles. The summed E-state index contributed by atoms with van der Waals surface area (Å²) in [5.41, 5.74) is 2.23. The Balaban J connectivity index is 1.51. The first kappa shape index (κ1) is 26.1. The standard InChI is InChI=1S/C29H31N3O5/c1-3-22-10-7-13-24-25(22)27(33)26(28(34)31(24)2)29(35)32(23-11-5-4-6-12-23)15-16-36-17-18-37-20-21-9-8-14-30-19-21/h4-14,19,33H,3,15-18,20H2,1-2H3. The highest BCUT2D eigenvalue weighted by Gasteiger charge is 2.27. The number of pyridine rings is 2. The van der Waals surface area contributed by atoms with E-state index in [4.69, 9.17) is 9.47 Å². The van der Waals surface area contributed by atoms with Crippen molar-refractivity contribution in [1.82, 2.24) is 9.55 Å². The van der Waals surface area contributed by atoms with Gasteiger partial charge in [0.05, 0.1) is 31.9 Å². The van der Waals surface area contributed by atoms with Crippen LogP contribution in [0.1, 0.15) is 28.4 Å². The number of hydrogen-bond acceptors (Lipinski definition) is 6. The number of nitrogens with zero attached hydrogens (tertiary/aromatic N) is 3. The van der Waals surface area contributed by atoms with Crippen molar-refractivity contribution in [3.05, 3.63) is 100 Å². The van der Waals surface area contributed by atoms with Gasteiger partial charge in [-0.25, -0.2) is 0 Å². The van der Waals surface area contributed by atoms with E-state index in [1.54, 1.807) is 37.6 Å². The average Bonchev–Trinajstić information content (AvgIpc) is 2.94. The number of rotatable bonds is 11. The van der Waals surface area contributed by atoms with Crippen LogP contribution in [-0.2, 0) is 29.5 Å². The van der Waals surface area contributed by atoms with Crippen LogP contribution in [0.5, 0.6) is 5.75 Å². The van der Waals surface area contributed by atoms with Gasteiger partial charge in [0.2, 0.25) is 0 Å². The molecule has 2 aromatic heterocycles. The minimum atomic E-state index is -0.575. The van der Waals surface area contributed by atoms with Gasteiger partial charge in [0.15, 0.2) is 0 Å². The maximum atomic E-state index is 13.8. The molecule has 0 radical (unpaired) electrons. The summed E-state index contributed by atoms with van der Waals surface area (Å²) >= 11 is 0. The van der Waals surface area contributed by atoms with Gasteiger partial charge in [-0.05, 0) is 41.8 Å². The number of amides is 1. The van der Waals surface area contributed by atoms with E-state index in [0.29, 0.717) is 42.8 Å². The van der Waals surface area contributed by atoms with E-state index in [1.807, 2.05) is 49.4 Å². The largest absolute Gasteiger partial charge is 0.506 e. The Bertz CT molecular complexity index is 1400. The molecule has 0 unspecified atom stereocenters. The molecule has 4 rings (SSSR count). The van der Waals surface area contributed by atoms with Crippen LogP contribution < -0.4 is 10.5 Å². The highest BCUT2D eigenvalue weighted by molar-refractivity contribution is 6.10. The molecule has 0 bridgehead atoms. The van der Waals surface area contributed by atoms with E-state index < -0.39 is 11.5 Å². The zero-order chi connectivity index (χ0) is 26.2. The van der Waals surface area contributed by atoms with Crippen molar-refractivity contribution in [2.75, 3.05) is 31.3 Å². The predicted molar refractivity (Wildman–Crippen MR) is 143 cm³/mol. The number of para-hydroxylation sites is 1. The number of carbonyl (C=O) groups is 1. The monoisotopic (exact) mass is 501 g/mol. The van der Waals surface area contributed by atoms with Gasteiger partial charge in [-0.2, -0.15) is 0 Å². The van der Waals surface area contributed by atoms with Crippen LogP contribution >= 0.6 is 0 Å². The van der Waals surface area contributed by atoms with E-state index in [2.05, 4.69) is 4.98 Å². The Kier molecular flexibility index (Phi) is 8.66. The highest BCUT2D eigenvalue weighted by atomic mass is 16.5. The maximum Gasteiger partial charge on any atom is 0.267 e. The predicted octanol–water partition coefficient (Wildman–Crippen LogP) is 4.08. The number of hydrogen-bond donors (Lipinski definition) is 1. The normalized spacial score (nSPS) is 11.1. The topological polar surface area (TPSA) is 93.9 Å². The van der Waals surface area contributed by atoms with E-state index in [9.17, 15) is 14.7 Å². The van der Waals surface area contributed by atoms with E-state index in [0.717, 1.165) is 11.1 Å². The summed E-state index contributed by atoms with van der Waals surface area (Å²) in [6.07, 6.45) is 4.11. The summed E-state index contributed by atoms with van der Waals surface area (Å²) in [4.78, 5) is 32.5. The molecule has 0 fully saturated rings. The van der Waals surface area contributed by atoms with Crippen molar-refractivity contribution in [3.63, 3.8) is 0 Å². The number of carbonyl (C=O) groups excluding carboxylic acids is 1. The molecule has 4 aromatic rings. The second-order valence-electron chi connectivity index (χ2n) is 8.57. The van der Waals surface area contributed by atoms with Gasteiger partial charge in [-0.15, -0.1) is 0 Å². The molecule has 8 heteroatoms. The summed E-state index contributed by atoms with van der Waals surface area (Å²) in [6.45, 7) is 3.57. The van der Waals surface area contributed by atoms with Gasteiger partial charge < -0.3 is 24.0 Å². The van der Waals surface area contributed by atoms with Crippen molar-refractivity contribution in [3.8, 4) is 5.75 Å². The van der Waals surface area contributed by atoms with Crippen LogP contribution in [0.25, 0.3) is 10.9 Å². The van der Waals surface area contributed by atoms with Crippen molar-refractivity contribution in [2.24, 2.45) is 7.05 Å². The third-order valence-electron chi connectivity index (χ3n) is 6.21. The zero-order valence-electron chi connectivity index (χ0n) is 21.1. The lowest BCUT2D eigenvalue weighted by Gasteiger charge is -2.24. The fourth-order valence-corrected chi connectivity index (χ4v) is 4.27. The molecular weight excluding hydrogens is 470 g/mol. The number of ether oxygens (including phenoxy) is 2. The van der Waals surface area contributed by atoms with Crippen LogP contribution in [0.2, 0.25) is 0 Å². The van der Waals surface area contributed by atoms with E-state index >= 15 is 0 Å². The first-order chi connectivity index (χ1) is 18.0. The van der Waals surface area contributed by atoms with Crippen LogP contribution in [0.4, 0.5) is 5.69 Å². The summed E-state index contributed by atoms with van der Waals surface area (Å²) in [5, 5.41) is 11.7. The molecule has 37 heavy (non-hydrogen) atoms. The van der Waals surface area contributed by atoms with Crippen molar-refractivity contribution < 1.29 is 19.4 Å². The van der Waals surface area contributed by atoms with E-state index in [1.165, 1.54) is 9.47 Å². The Hall–Kier alpha value is -4.01. The van der Waals surface area contributed by atoms with Gasteiger partial charge in [-0.1, -0.05) is 43.3 Å². The quantitative estimate of drug-likeness (QED) is 0.311. The molecule has 192 valence electrons. The fourth-order valence-electron chi connectivity index (χ4n) is 4.27. The Labute approximate surface area is 215 Å². The van der Waals surface area contributed by atoms with Crippen molar-refractivity contribution in [2.45, 2.75) is 20.0 Å². The minimum Gasteiger partial charge on any atom is -0.506 e. The lowest BCUT2D eigenvalue weighted by Crippen LogP contribution is -2.38. The molecule has 0 spiro atoms. The van der Waals surface area contributed by atoms with Gasteiger partial charge in [0.25, 0.3) is 11.5 Å². The third kappa shape index (κ3) is 5.87. The molecule has 0 atom stereocenters. The number of aryl methyl sites for hydroxylation is 2. The first-order valence-electron chi connectivity index (χ1n) is 12.3. The molecule has 8 nitrogen and oxygen atoms in total. The second-order valence-corrected chi connectivity index (χ2v) is 8.57. The van der Waals surface area contributed by atoms with Gasteiger partial charge in [-0.3, -0.25) is 14.6 Å². The van der Waals surface area contributed by atoms with Crippen LogP contribution in [0, 0.1) is 0 Å². The van der Waals surface area contributed by atoms with Crippen molar-refractivity contribution >= 4 is 22.5 Å². The summed E-state index contributed by atoms with van der Waals surface area (Å²) in [6, 6.07) is 18.3. The second kappa shape index (κ2) is 12.3. The van der Waals surface area contributed by atoms with Gasteiger partial charge in [0, 0.05) is 37.1 Å². The number of anilines is 1. The minimum absolute atomic E-state index is 0.196. The molecule has 2 aromatic carbocycles. The molecule has 0 aliphatic heterocycles. The van der Waals surface area contributed by atoms with E-state index in [-0.39, 0.29) is 24.5 Å². The molecule has 1 amide bonds. The molecule has 0 saturated carbocycles. The highest BCUT2D eigenvalue weighted by Crippen LogP contribution is 2.31. The third-order valence-corrected chi connectivity index (χ3v) is 6.21. The van der Waals surface area contributed by atoms with Gasteiger partial charge >= 0.3 is 0 Å². The summed E-state index contributed by atoms with van der Waals surface area (Å²) in [5.74, 6) is -0.861. The number of aromatic nitrogens is 2. The average molecular weight is 502 g/mol. The molecule has 0 saturated heterocycles. The Morgan fingerprint density at radius 2 is 1.78 bits per heavy atom. The van der Waals surface area contributed by atoms with Crippen LogP contribution in [0.3, 0.4) is 0 Å². The number of benzene rings is 2. The smallest absolute Gasteiger partial charge is 0.267 e. The Morgan fingerprint density at radius 3 is 2.51 bits per heavy atom. The molecular formula is C29H31N3O5. The maximum absolute atomic E-state index is 13.8. The zero-order valence-corrected chi connectivity index (χ0v) is 21.1. The summed E-state index contributed by atoms with van der Waals surface area (Å²) in [7, 11) is 1.61. The number of aromatic hydroxyl groups is 1.